The lowest BCUT2D eigenvalue weighted by molar-refractivity contribution is 0.355. The van der Waals surface area contributed by atoms with E-state index in [0.717, 1.165) is 24.2 Å². The van der Waals surface area contributed by atoms with Gasteiger partial charge in [0.2, 0.25) is 0 Å². The van der Waals surface area contributed by atoms with Crippen LogP contribution in [0.2, 0.25) is 0 Å². The van der Waals surface area contributed by atoms with Gasteiger partial charge in [-0.3, -0.25) is 4.68 Å². The zero-order valence-electron chi connectivity index (χ0n) is 11.7. The van der Waals surface area contributed by atoms with Gasteiger partial charge in [0.05, 0.1) is 11.7 Å². The van der Waals surface area contributed by atoms with E-state index in [0.29, 0.717) is 0 Å². The molecule has 0 unspecified atom stereocenters. The molecule has 3 nitrogen and oxygen atoms in total. The lowest BCUT2D eigenvalue weighted by Crippen LogP contribution is -2.22. The third-order valence-corrected chi connectivity index (χ3v) is 2.89. The van der Waals surface area contributed by atoms with E-state index in [1.54, 1.807) is 12.1 Å². The van der Waals surface area contributed by atoms with Gasteiger partial charge in [0.1, 0.15) is 5.82 Å². The molecule has 1 aromatic carbocycles. The van der Waals surface area contributed by atoms with Crippen molar-refractivity contribution in [1.82, 2.24) is 15.1 Å². The zero-order valence-corrected chi connectivity index (χ0v) is 11.7. The molecule has 0 aliphatic rings. The maximum atomic E-state index is 12.8. The van der Waals surface area contributed by atoms with E-state index < -0.39 is 0 Å². The van der Waals surface area contributed by atoms with Crippen LogP contribution in [0.15, 0.2) is 36.7 Å². The molecule has 0 saturated heterocycles. The van der Waals surface area contributed by atoms with Crippen molar-refractivity contribution in [3.63, 3.8) is 0 Å². The molecule has 0 bridgehead atoms. The molecular formula is C15H20FN3. The lowest BCUT2D eigenvalue weighted by Gasteiger charge is -2.18. The molecule has 19 heavy (non-hydrogen) atoms. The minimum Gasteiger partial charge on any atom is -0.309 e. The minimum atomic E-state index is -0.199. The molecule has 1 N–H and O–H groups in total. The smallest absolute Gasteiger partial charge is 0.123 e. The standard InChI is InChI=1S/C15H20FN3/c1-15(2,3)19-11-13(10-18-19)9-17-8-12-4-6-14(16)7-5-12/h4-7,10-11,17H,8-9H2,1-3H3. The summed E-state index contributed by atoms with van der Waals surface area (Å²) in [4.78, 5) is 0. The highest BCUT2D eigenvalue weighted by Crippen LogP contribution is 2.13. The topological polar surface area (TPSA) is 29.9 Å². The first kappa shape index (κ1) is 13.7. The molecule has 4 heteroatoms. The van der Waals surface area contributed by atoms with Crippen molar-refractivity contribution >= 4 is 0 Å². The Morgan fingerprint density at radius 3 is 2.32 bits per heavy atom. The summed E-state index contributed by atoms with van der Waals surface area (Å²) < 4.78 is 14.7. The second-order valence-electron chi connectivity index (χ2n) is 5.69. The van der Waals surface area contributed by atoms with Crippen LogP contribution < -0.4 is 5.32 Å². The van der Waals surface area contributed by atoms with Crippen LogP contribution in [0.4, 0.5) is 4.39 Å². The van der Waals surface area contributed by atoms with E-state index in [4.69, 9.17) is 0 Å². The maximum Gasteiger partial charge on any atom is 0.123 e. The summed E-state index contributed by atoms with van der Waals surface area (Å²) >= 11 is 0. The fourth-order valence-corrected chi connectivity index (χ4v) is 1.77. The highest BCUT2D eigenvalue weighted by molar-refractivity contribution is 5.16. The third kappa shape index (κ3) is 3.89. The van der Waals surface area contributed by atoms with Crippen LogP contribution in [-0.4, -0.2) is 9.78 Å². The quantitative estimate of drug-likeness (QED) is 0.916. The molecule has 2 aromatic rings. The monoisotopic (exact) mass is 261 g/mol. The number of benzene rings is 1. The molecule has 0 saturated carbocycles. The Balaban J connectivity index is 1.86. The van der Waals surface area contributed by atoms with Gasteiger partial charge in [-0.15, -0.1) is 0 Å². The van der Waals surface area contributed by atoms with Gasteiger partial charge >= 0.3 is 0 Å². The fourth-order valence-electron chi connectivity index (χ4n) is 1.77. The first-order chi connectivity index (χ1) is 8.95. The number of halogens is 1. The van der Waals surface area contributed by atoms with Crippen LogP contribution in [0, 0.1) is 5.82 Å². The highest BCUT2D eigenvalue weighted by atomic mass is 19.1. The summed E-state index contributed by atoms with van der Waals surface area (Å²) in [6, 6.07) is 6.55. The van der Waals surface area contributed by atoms with E-state index in [9.17, 15) is 4.39 Å². The number of aromatic nitrogens is 2. The van der Waals surface area contributed by atoms with Crippen LogP contribution in [-0.2, 0) is 18.6 Å². The van der Waals surface area contributed by atoms with E-state index in [1.165, 1.54) is 12.1 Å². The van der Waals surface area contributed by atoms with E-state index in [-0.39, 0.29) is 11.4 Å². The summed E-state index contributed by atoms with van der Waals surface area (Å²) in [5, 5.41) is 7.68. The Morgan fingerprint density at radius 2 is 1.74 bits per heavy atom. The van der Waals surface area contributed by atoms with Gasteiger partial charge < -0.3 is 5.32 Å². The number of hydrogen-bond acceptors (Lipinski definition) is 2. The van der Waals surface area contributed by atoms with Crippen molar-refractivity contribution in [2.24, 2.45) is 0 Å². The van der Waals surface area contributed by atoms with Gasteiger partial charge in [-0.25, -0.2) is 4.39 Å². The average Bonchev–Trinajstić information content (AvgIpc) is 2.80. The molecule has 0 aliphatic carbocycles. The minimum absolute atomic E-state index is 0.00913. The summed E-state index contributed by atoms with van der Waals surface area (Å²) in [5.74, 6) is -0.199. The van der Waals surface area contributed by atoms with E-state index in [1.807, 2.05) is 10.9 Å². The van der Waals surface area contributed by atoms with E-state index in [2.05, 4.69) is 37.4 Å². The molecule has 0 fully saturated rings. The SMILES string of the molecule is CC(C)(C)n1cc(CNCc2ccc(F)cc2)cn1. The molecule has 0 amide bonds. The highest BCUT2D eigenvalue weighted by Gasteiger charge is 2.13. The van der Waals surface area contributed by atoms with Crippen molar-refractivity contribution in [2.45, 2.75) is 39.4 Å². The Kier molecular flexibility index (Phi) is 4.00. The van der Waals surface area contributed by atoms with E-state index >= 15 is 0 Å². The van der Waals surface area contributed by atoms with Gasteiger partial charge in [0, 0.05) is 24.8 Å². The van der Waals surface area contributed by atoms with Crippen molar-refractivity contribution in [1.29, 1.82) is 0 Å². The van der Waals surface area contributed by atoms with Crippen LogP contribution in [0.1, 0.15) is 31.9 Å². The van der Waals surface area contributed by atoms with Gasteiger partial charge in [0.15, 0.2) is 0 Å². The fraction of sp³-hybridized carbons (Fsp3) is 0.400. The molecule has 0 atom stereocenters. The molecule has 2 rings (SSSR count). The predicted molar refractivity (Wildman–Crippen MR) is 74.2 cm³/mol. The molecule has 1 heterocycles. The van der Waals surface area contributed by atoms with Crippen LogP contribution in [0.25, 0.3) is 0 Å². The molecular weight excluding hydrogens is 241 g/mol. The summed E-state index contributed by atoms with van der Waals surface area (Å²) in [7, 11) is 0. The van der Waals surface area contributed by atoms with Crippen LogP contribution >= 0.6 is 0 Å². The van der Waals surface area contributed by atoms with Gasteiger partial charge in [-0.1, -0.05) is 12.1 Å². The maximum absolute atomic E-state index is 12.8. The number of rotatable bonds is 4. The van der Waals surface area contributed by atoms with Gasteiger partial charge in [0.25, 0.3) is 0 Å². The Bertz CT molecular complexity index is 523. The molecule has 1 aromatic heterocycles. The molecule has 0 spiro atoms. The summed E-state index contributed by atoms with van der Waals surface area (Å²) in [6.45, 7) is 7.84. The lowest BCUT2D eigenvalue weighted by atomic mass is 10.1. The largest absolute Gasteiger partial charge is 0.309 e. The normalized spacial score (nSPS) is 11.8. The van der Waals surface area contributed by atoms with Gasteiger partial charge in [-0.05, 0) is 38.5 Å². The first-order valence-electron chi connectivity index (χ1n) is 6.44. The number of nitrogens with one attached hydrogen (secondary N) is 1. The Morgan fingerprint density at radius 1 is 1.11 bits per heavy atom. The molecule has 0 radical (unpaired) electrons. The number of hydrogen-bond donors (Lipinski definition) is 1. The van der Waals surface area contributed by atoms with Crippen LogP contribution in [0.5, 0.6) is 0 Å². The molecule has 0 aliphatic heterocycles. The second-order valence-corrected chi connectivity index (χ2v) is 5.69. The third-order valence-electron chi connectivity index (χ3n) is 2.89. The average molecular weight is 261 g/mol. The van der Waals surface area contributed by atoms with Gasteiger partial charge in [-0.2, -0.15) is 5.10 Å². The first-order valence-corrected chi connectivity index (χ1v) is 6.44. The number of nitrogens with zero attached hydrogens (tertiary/aromatic N) is 2. The van der Waals surface area contributed by atoms with Crippen LogP contribution in [0.3, 0.4) is 0 Å². The molecule has 102 valence electrons. The Hall–Kier alpha value is -1.68. The second kappa shape index (κ2) is 5.53. The van der Waals surface area contributed by atoms with Crippen molar-refractivity contribution in [3.05, 3.63) is 53.6 Å². The van der Waals surface area contributed by atoms with Crippen molar-refractivity contribution in [3.8, 4) is 0 Å². The zero-order chi connectivity index (χ0) is 13.9. The Labute approximate surface area is 113 Å². The summed E-state index contributed by atoms with van der Waals surface area (Å²) in [6.07, 6.45) is 3.93. The summed E-state index contributed by atoms with van der Waals surface area (Å²) in [5.41, 5.74) is 2.23. The predicted octanol–water partition coefficient (Wildman–Crippen LogP) is 3.07. The van der Waals surface area contributed by atoms with Crippen molar-refractivity contribution < 1.29 is 4.39 Å². The van der Waals surface area contributed by atoms with Crippen molar-refractivity contribution in [2.75, 3.05) is 0 Å².